The average Bonchev–Trinajstić information content (AvgIpc) is 2.35. The second kappa shape index (κ2) is 3.60. The molecule has 0 fully saturated rings. The van der Waals surface area contributed by atoms with Crippen molar-refractivity contribution in [3.8, 4) is 0 Å². The third kappa shape index (κ3) is 1.36. The summed E-state index contributed by atoms with van der Waals surface area (Å²) >= 11 is 0. The third-order valence-electron chi connectivity index (χ3n) is 2.79. The van der Waals surface area contributed by atoms with Gasteiger partial charge in [-0.2, -0.15) is 0 Å². The SMILES string of the molecule is FBc1cccc2nc3ccccc3cc12. The minimum Gasteiger partial charge on any atom is -0.335 e. The van der Waals surface area contributed by atoms with Crippen LogP contribution in [0.2, 0.25) is 0 Å². The molecule has 0 spiro atoms. The van der Waals surface area contributed by atoms with E-state index in [-0.39, 0.29) is 0 Å². The molecule has 0 atom stereocenters. The maximum absolute atomic E-state index is 12.8. The lowest BCUT2D eigenvalue weighted by molar-refractivity contribution is 0.885. The summed E-state index contributed by atoms with van der Waals surface area (Å²) in [5.74, 6) is 0. The normalized spacial score (nSPS) is 10.8. The zero-order valence-corrected chi connectivity index (χ0v) is 8.65. The van der Waals surface area contributed by atoms with Gasteiger partial charge in [0.15, 0.2) is 0 Å². The Balaban J connectivity index is 2.46. The predicted molar refractivity (Wildman–Crippen MR) is 67.1 cm³/mol. The number of hydrogen-bond acceptors (Lipinski definition) is 1. The Bertz CT molecular complexity index is 666. The molecule has 2 aromatic carbocycles. The first-order valence-electron chi connectivity index (χ1n) is 5.22. The van der Waals surface area contributed by atoms with Crippen molar-refractivity contribution in [2.45, 2.75) is 0 Å². The number of benzene rings is 2. The molecule has 76 valence electrons. The quantitative estimate of drug-likeness (QED) is 0.442. The molecule has 0 aliphatic carbocycles. The Morgan fingerprint density at radius 1 is 0.938 bits per heavy atom. The number of pyridine rings is 1. The molecule has 0 bridgehead atoms. The van der Waals surface area contributed by atoms with Gasteiger partial charge in [-0.25, -0.2) is 4.98 Å². The van der Waals surface area contributed by atoms with Crippen LogP contribution in [-0.2, 0) is 0 Å². The van der Waals surface area contributed by atoms with Gasteiger partial charge in [0.05, 0.1) is 11.0 Å². The molecule has 0 amide bonds. The van der Waals surface area contributed by atoms with Gasteiger partial charge >= 0.3 is 7.56 Å². The van der Waals surface area contributed by atoms with Crippen molar-refractivity contribution in [2.75, 3.05) is 0 Å². The van der Waals surface area contributed by atoms with E-state index in [0.29, 0.717) is 5.46 Å². The number of fused-ring (bicyclic) bond motifs is 2. The van der Waals surface area contributed by atoms with Crippen LogP contribution < -0.4 is 5.46 Å². The van der Waals surface area contributed by atoms with Gasteiger partial charge in [-0.1, -0.05) is 30.3 Å². The monoisotopic (exact) mass is 209 g/mol. The zero-order valence-electron chi connectivity index (χ0n) is 8.65. The van der Waals surface area contributed by atoms with Gasteiger partial charge in [-0.3, -0.25) is 0 Å². The highest BCUT2D eigenvalue weighted by Gasteiger charge is 2.04. The molecular formula is C13H9BFN. The van der Waals surface area contributed by atoms with Crippen LogP contribution in [0.5, 0.6) is 0 Å². The summed E-state index contributed by atoms with van der Waals surface area (Å²) in [4.78, 5) is 4.52. The smallest absolute Gasteiger partial charge is 0.335 e. The minimum atomic E-state index is -0.447. The Morgan fingerprint density at radius 3 is 2.62 bits per heavy atom. The summed E-state index contributed by atoms with van der Waals surface area (Å²) in [6, 6.07) is 15.5. The van der Waals surface area contributed by atoms with Crippen molar-refractivity contribution < 1.29 is 4.32 Å². The highest BCUT2D eigenvalue weighted by Crippen LogP contribution is 2.17. The molecule has 0 aliphatic rings. The van der Waals surface area contributed by atoms with Crippen molar-refractivity contribution in [3.63, 3.8) is 0 Å². The zero-order chi connectivity index (χ0) is 11.0. The Morgan fingerprint density at radius 2 is 1.75 bits per heavy atom. The van der Waals surface area contributed by atoms with Crippen molar-refractivity contribution in [1.29, 1.82) is 0 Å². The highest BCUT2D eigenvalue weighted by molar-refractivity contribution is 6.50. The van der Waals surface area contributed by atoms with E-state index in [1.54, 1.807) is 6.07 Å². The van der Waals surface area contributed by atoms with Gasteiger partial charge in [0, 0.05) is 5.39 Å². The number of rotatable bonds is 1. The van der Waals surface area contributed by atoms with Crippen LogP contribution in [0.25, 0.3) is 21.8 Å². The highest BCUT2D eigenvalue weighted by atomic mass is 19.1. The summed E-state index contributed by atoms with van der Waals surface area (Å²) < 4.78 is 12.8. The molecule has 0 radical (unpaired) electrons. The molecule has 1 aromatic heterocycles. The molecule has 1 heterocycles. The van der Waals surface area contributed by atoms with Gasteiger partial charge in [0.1, 0.15) is 0 Å². The van der Waals surface area contributed by atoms with Crippen molar-refractivity contribution >= 4 is 34.8 Å². The second-order valence-electron chi connectivity index (χ2n) is 3.80. The molecule has 0 aliphatic heterocycles. The topological polar surface area (TPSA) is 12.9 Å². The molecule has 16 heavy (non-hydrogen) atoms. The molecular weight excluding hydrogens is 200 g/mol. The molecule has 0 N–H and O–H groups in total. The van der Waals surface area contributed by atoms with Crippen molar-refractivity contribution in [2.24, 2.45) is 0 Å². The second-order valence-corrected chi connectivity index (χ2v) is 3.80. The van der Waals surface area contributed by atoms with Crippen LogP contribution in [0, 0.1) is 0 Å². The van der Waals surface area contributed by atoms with E-state index in [4.69, 9.17) is 0 Å². The first-order chi connectivity index (χ1) is 7.88. The van der Waals surface area contributed by atoms with Gasteiger partial charge in [-0.15, -0.1) is 0 Å². The minimum absolute atomic E-state index is 0.447. The fourth-order valence-corrected chi connectivity index (χ4v) is 1.98. The fraction of sp³-hybridized carbons (Fsp3) is 0. The largest absolute Gasteiger partial charge is 0.364 e. The first kappa shape index (κ1) is 9.34. The lowest BCUT2D eigenvalue weighted by Gasteiger charge is -2.04. The Labute approximate surface area is 93.2 Å². The van der Waals surface area contributed by atoms with Crippen LogP contribution in [0.15, 0.2) is 48.5 Å². The van der Waals surface area contributed by atoms with Crippen molar-refractivity contribution in [1.82, 2.24) is 4.98 Å². The van der Waals surface area contributed by atoms with E-state index in [1.807, 2.05) is 42.5 Å². The molecule has 0 saturated heterocycles. The van der Waals surface area contributed by atoms with Gasteiger partial charge in [-0.05, 0) is 29.0 Å². The maximum Gasteiger partial charge on any atom is 0.364 e. The summed E-state index contributed by atoms with van der Waals surface area (Å²) in [6.07, 6.45) is 0. The standard InChI is InChI=1S/C13H9BFN/c15-14-11-5-3-7-13-10(11)8-9-4-1-2-6-12(9)16-13/h1-8,14H. The molecule has 3 aromatic rings. The summed E-state index contributed by atoms with van der Waals surface area (Å²) in [7, 11) is -0.447. The van der Waals surface area contributed by atoms with E-state index in [0.717, 1.165) is 21.8 Å². The van der Waals surface area contributed by atoms with Gasteiger partial charge < -0.3 is 4.32 Å². The molecule has 3 heteroatoms. The molecule has 1 nitrogen and oxygen atoms in total. The van der Waals surface area contributed by atoms with Gasteiger partial charge in [0.2, 0.25) is 0 Å². The van der Waals surface area contributed by atoms with Gasteiger partial charge in [0.25, 0.3) is 0 Å². The van der Waals surface area contributed by atoms with Crippen LogP contribution in [0.1, 0.15) is 0 Å². The number of aromatic nitrogens is 1. The Kier molecular flexibility index (Phi) is 2.10. The number of nitrogens with zero attached hydrogens (tertiary/aromatic N) is 1. The van der Waals surface area contributed by atoms with E-state index in [1.165, 1.54) is 0 Å². The first-order valence-corrected chi connectivity index (χ1v) is 5.22. The fourth-order valence-electron chi connectivity index (χ4n) is 1.98. The Hall–Kier alpha value is -1.90. The summed E-state index contributed by atoms with van der Waals surface area (Å²) in [5.41, 5.74) is 2.51. The summed E-state index contributed by atoms with van der Waals surface area (Å²) in [5, 5.41) is 1.96. The van der Waals surface area contributed by atoms with E-state index in [2.05, 4.69) is 4.98 Å². The van der Waals surface area contributed by atoms with Crippen LogP contribution in [-0.4, -0.2) is 12.5 Å². The number of para-hydroxylation sites is 1. The summed E-state index contributed by atoms with van der Waals surface area (Å²) in [6.45, 7) is 0. The van der Waals surface area contributed by atoms with E-state index >= 15 is 0 Å². The average molecular weight is 209 g/mol. The third-order valence-corrected chi connectivity index (χ3v) is 2.79. The predicted octanol–water partition coefficient (Wildman–Crippen LogP) is 2.33. The van der Waals surface area contributed by atoms with Crippen LogP contribution >= 0.6 is 0 Å². The lowest BCUT2D eigenvalue weighted by Crippen LogP contribution is -2.10. The molecule has 3 rings (SSSR count). The van der Waals surface area contributed by atoms with E-state index < -0.39 is 7.56 Å². The molecule has 0 unspecified atom stereocenters. The lowest BCUT2D eigenvalue weighted by atomic mass is 9.87. The van der Waals surface area contributed by atoms with Crippen LogP contribution in [0.3, 0.4) is 0 Å². The number of halogens is 1. The van der Waals surface area contributed by atoms with Crippen LogP contribution in [0.4, 0.5) is 4.32 Å². The van der Waals surface area contributed by atoms with Crippen molar-refractivity contribution in [3.05, 3.63) is 48.5 Å². The molecule has 0 saturated carbocycles. The maximum atomic E-state index is 12.8. The van der Waals surface area contributed by atoms with E-state index in [9.17, 15) is 4.32 Å². The number of hydrogen-bond donors (Lipinski definition) is 0.